The van der Waals surface area contributed by atoms with Gasteiger partial charge in [-0.2, -0.15) is 5.26 Å². The molecular weight excluding hydrogens is 378 g/mol. The second kappa shape index (κ2) is 9.10. The maximum Gasteiger partial charge on any atom is 0.164 e. The quantitative estimate of drug-likeness (QED) is 0.581. The molecule has 0 aromatic heterocycles. The molecule has 5 heteroatoms. The highest BCUT2D eigenvalue weighted by Gasteiger charge is 2.36. The molecule has 1 aromatic rings. The molecule has 2 atom stereocenters. The van der Waals surface area contributed by atoms with Crippen LogP contribution >= 0.6 is 11.8 Å². The first-order valence-corrected chi connectivity index (χ1v) is 11.5. The Kier molecular flexibility index (Phi) is 7.46. The number of aliphatic imine (C=N–C) groups is 1. The van der Waals surface area contributed by atoms with E-state index in [1.807, 2.05) is 30.0 Å². The SMILES string of the molecule is CC(C)CN1C(=Nc2ccc(C#N)cc2C(C)(C)C)SC[C@H]1[C@@H](C)OC(C)(C)C. The summed E-state index contributed by atoms with van der Waals surface area (Å²) in [7, 11) is 0. The Labute approximate surface area is 181 Å². The fourth-order valence-corrected chi connectivity index (χ4v) is 4.92. The second-order valence-corrected chi connectivity index (χ2v) is 11.3. The molecule has 0 aliphatic carbocycles. The Bertz CT molecular complexity index is 781. The van der Waals surface area contributed by atoms with Gasteiger partial charge in [-0.15, -0.1) is 0 Å². The number of nitriles is 1. The average molecular weight is 416 g/mol. The highest BCUT2D eigenvalue weighted by atomic mass is 32.2. The minimum absolute atomic E-state index is 0.0829. The Morgan fingerprint density at radius 3 is 2.38 bits per heavy atom. The van der Waals surface area contributed by atoms with E-state index in [1.165, 1.54) is 0 Å². The predicted molar refractivity (Wildman–Crippen MR) is 125 cm³/mol. The maximum absolute atomic E-state index is 9.32. The molecule has 0 unspecified atom stereocenters. The fourth-order valence-electron chi connectivity index (χ4n) is 3.61. The van der Waals surface area contributed by atoms with Gasteiger partial charge in [0.25, 0.3) is 0 Å². The van der Waals surface area contributed by atoms with Crippen LogP contribution < -0.4 is 0 Å². The molecule has 2 rings (SSSR count). The first kappa shape index (κ1) is 23.8. The minimum atomic E-state index is -0.167. The lowest BCUT2D eigenvalue weighted by atomic mass is 9.85. The number of nitrogens with zero attached hydrogens (tertiary/aromatic N) is 3. The largest absolute Gasteiger partial charge is 0.371 e. The van der Waals surface area contributed by atoms with E-state index in [0.29, 0.717) is 17.5 Å². The van der Waals surface area contributed by atoms with Gasteiger partial charge in [0.05, 0.1) is 35.1 Å². The molecule has 1 aliphatic heterocycles. The van der Waals surface area contributed by atoms with Crippen LogP contribution in [0.2, 0.25) is 0 Å². The standard InChI is InChI=1S/C24H37N3OS/c1-16(2)14-27-21(17(3)28-24(7,8)9)15-29-22(27)26-20-11-10-18(13-25)12-19(20)23(4,5)6/h10-12,16-17,21H,14-15H2,1-9H3/t17-,21+/m1/s1. The monoisotopic (exact) mass is 415 g/mol. The van der Waals surface area contributed by atoms with Gasteiger partial charge in [0, 0.05) is 12.3 Å². The second-order valence-electron chi connectivity index (χ2n) is 10.3. The van der Waals surface area contributed by atoms with Crippen molar-refractivity contribution in [2.24, 2.45) is 10.9 Å². The lowest BCUT2D eigenvalue weighted by Crippen LogP contribution is -2.46. The summed E-state index contributed by atoms with van der Waals surface area (Å²) in [4.78, 5) is 7.53. The van der Waals surface area contributed by atoms with E-state index >= 15 is 0 Å². The summed E-state index contributed by atoms with van der Waals surface area (Å²) in [5, 5.41) is 10.4. The van der Waals surface area contributed by atoms with Gasteiger partial charge in [-0.3, -0.25) is 0 Å². The third-order valence-electron chi connectivity index (χ3n) is 4.82. The molecule has 0 saturated carbocycles. The molecule has 1 aromatic carbocycles. The molecule has 1 heterocycles. The Balaban J connectivity index is 2.42. The Morgan fingerprint density at radius 1 is 1.21 bits per heavy atom. The summed E-state index contributed by atoms with van der Waals surface area (Å²) >= 11 is 1.81. The van der Waals surface area contributed by atoms with Gasteiger partial charge in [-0.25, -0.2) is 4.99 Å². The maximum atomic E-state index is 9.32. The van der Waals surface area contributed by atoms with Crippen molar-refractivity contribution in [2.45, 2.75) is 85.5 Å². The predicted octanol–water partition coefficient (Wildman–Crippen LogP) is 6.12. The van der Waals surface area contributed by atoms with Crippen molar-refractivity contribution in [1.82, 2.24) is 4.90 Å². The van der Waals surface area contributed by atoms with Crippen LogP contribution in [0.25, 0.3) is 0 Å². The van der Waals surface area contributed by atoms with Gasteiger partial charge in [-0.05, 0) is 62.8 Å². The summed E-state index contributed by atoms with van der Waals surface area (Å²) < 4.78 is 6.29. The van der Waals surface area contributed by atoms with Gasteiger partial charge >= 0.3 is 0 Å². The van der Waals surface area contributed by atoms with E-state index in [4.69, 9.17) is 9.73 Å². The summed E-state index contributed by atoms with van der Waals surface area (Å²) in [5.74, 6) is 1.51. The van der Waals surface area contributed by atoms with Crippen LogP contribution in [0.15, 0.2) is 23.2 Å². The molecule has 0 bridgehead atoms. The Hall–Kier alpha value is -1.51. The van der Waals surface area contributed by atoms with Crippen LogP contribution in [0, 0.1) is 17.2 Å². The first-order chi connectivity index (χ1) is 13.3. The van der Waals surface area contributed by atoms with E-state index in [1.54, 1.807) is 0 Å². The lowest BCUT2D eigenvalue weighted by Gasteiger charge is -2.35. The van der Waals surface area contributed by atoms with Gasteiger partial charge in [0.2, 0.25) is 0 Å². The van der Waals surface area contributed by atoms with Crippen molar-refractivity contribution in [3.63, 3.8) is 0 Å². The normalized spacial score (nSPS) is 20.4. The Morgan fingerprint density at radius 2 is 1.86 bits per heavy atom. The number of hydrogen-bond donors (Lipinski definition) is 0. The summed E-state index contributed by atoms with van der Waals surface area (Å²) in [6.07, 6.45) is 0.122. The molecule has 1 fully saturated rings. The van der Waals surface area contributed by atoms with Gasteiger partial charge in [0.1, 0.15) is 0 Å². The molecule has 160 valence electrons. The van der Waals surface area contributed by atoms with Gasteiger partial charge < -0.3 is 9.64 Å². The third kappa shape index (κ3) is 6.49. The van der Waals surface area contributed by atoms with Crippen LogP contribution in [-0.2, 0) is 10.2 Å². The van der Waals surface area contributed by atoms with Crippen LogP contribution in [-0.4, -0.2) is 40.1 Å². The lowest BCUT2D eigenvalue weighted by molar-refractivity contribution is -0.0737. The molecule has 0 amide bonds. The molecular formula is C24H37N3OS. The summed E-state index contributed by atoms with van der Waals surface area (Å²) in [5.41, 5.74) is 2.50. The topological polar surface area (TPSA) is 48.6 Å². The van der Waals surface area contributed by atoms with Crippen molar-refractivity contribution < 1.29 is 4.74 Å². The zero-order valence-electron chi connectivity index (χ0n) is 19.5. The van der Waals surface area contributed by atoms with Crippen LogP contribution in [0.4, 0.5) is 5.69 Å². The van der Waals surface area contributed by atoms with Crippen molar-refractivity contribution >= 4 is 22.6 Å². The summed E-state index contributed by atoms with van der Waals surface area (Å²) in [6.45, 7) is 20.5. The van der Waals surface area contributed by atoms with Crippen molar-refractivity contribution in [3.8, 4) is 6.07 Å². The molecule has 4 nitrogen and oxygen atoms in total. The van der Waals surface area contributed by atoms with Gasteiger partial charge in [0.15, 0.2) is 5.17 Å². The van der Waals surface area contributed by atoms with Crippen molar-refractivity contribution in [3.05, 3.63) is 29.3 Å². The molecule has 0 radical (unpaired) electrons. The average Bonchev–Trinajstić information content (AvgIpc) is 2.94. The van der Waals surface area contributed by atoms with Gasteiger partial charge in [-0.1, -0.05) is 46.4 Å². The number of amidine groups is 1. The first-order valence-electron chi connectivity index (χ1n) is 10.5. The third-order valence-corrected chi connectivity index (χ3v) is 5.91. The zero-order chi connectivity index (χ0) is 22.0. The number of benzene rings is 1. The van der Waals surface area contributed by atoms with E-state index in [-0.39, 0.29) is 17.1 Å². The highest BCUT2D eigenvalue weighted by Crippen LogP contribution is 2.36. The molecule has 1 saturated heterocycles. The van der Waals surface area contributed by atoms with Crippen molar-refractivity contribution in [2.75, 3.05) is 12.3 Å². The van der Waals surface area contributed by atoms with Crippen LogP contribution in [0.3, 0.4) is 0 Å². The minimum Gasteiger partial charge on any atom is -0.371 e. The molecule has 29 heavy (non-hydrogen) atoms. The number of ether oxygens (including phenoxy) is 1. The smallest absolute Gasteiger partial charge is 0.164 e. The number of thioether (sulfide) groups is 1. The van der Waals surface area contributed by atoms with E-state index in [2.05, 4.69) is 73.3 Å². The summed E-state index contributed by atoms with van der Waals surface area (Å²) in [6, 6.07) is 8.40. The zero-order valence-corrected chi connectivity index (χ0v) is 20.4. The fraction of sp³-hybridized carbons (Fsp3) is 0.667. The van der Waals surface area contributed by atoms with Crippen LogP contribution in [0.1, 0.15) is 73.4 Å². The van der Waals surface area contributed by atoms with E-state index in [9.17, 15) is 5.26 Å². The molecule has 0 N–H and O–H groups in total. The van der Waals surface area contributed by atoms with E-state index in [0.717, 1.165) is 28.7 Å². The van der Waals surface area contributed by atoms with E-state index < -0.39 is 0 Å². The molecule has 0 spiro atoms. The van der Waals surface area contributed by atoms with Crippen molar-refractivity contribution in [1.29, 1.82) is 5.26 Å². The van der Waals surface area contributed by atoms with Crippen LogP contribution in [0.5, 0.6) is 0 Å². The number of rotatable bonds is 5. The number of hydrogen-bond acceptors (Lipinski definition) is 4. The highest BCUT2D eigenvalue weighted by molar-refractivity contribution is 8.14. The molecule has 1 aliphatic rings.